The van der Waals surface area contributed by atoms with Gasteiger partial charge in [0.2, 0.25) is 0 Å². The summed E-state index contributed by atoms with van der Waals surface area (Å²) in [5.74, 6) is -0.0391. The molecule has 0 saturated heterocycles. The Morgan fingerprint density at radius 1 is 1.53 bits per heavy atom. The lowest BCUT2D eigenvalue weighted by molar-refractivity contribution is 0.0486. The highest BCUT2D eigenvalue weighted by Crippen LogP contribution is 2.30. The average molecular weight is 299 g/mol. The number of anilines is 1. The van der Waals surface area contributed by atoms with Crippen LogP contribution in [0.25, 0.3) is 0 Å². The molecule has 1 aromatic carbocycles. The van der Waals surface area contributed by atoms with Crippen molar-refractivity contribution >= 4 is 21.6 Å². The number of nitrogens with zero attached hydrogens (tertiary/aromatic N) is 1. The van der Waals surface area contributed by atoms with Crippen molar-refractivity contribution in [2.75, 3.05) is 11.9 Å². The fraction of sp³-hybridized carbons (Fsp3) is 0.417. The van der Waals surface area contributed by atoms with Crippen LogP contribution in [0.4, 0.5) is 10.1 Å². The van der Waals surface area contributed by atoms with Gasteiger partial charge in [-0.25, -0.2) is 4.39 Å². The molecule has 17 heavy (non-hydrogen) atoms. The quantitative estimate of drug-likeness (QED) is 0.902. The lowest BCUT2D eigenvalue weighted by Gasteiger charge is -2.31. The molecule has 0 aromatic heterocycles. The highest BCUT2D eigenvalue weighted by Gasteiger charge is 2.26. The zero-order chi connectivity index (χ0) is 12.4. The van der Waals surface area contributed by atoms with Crippen molar-refractivity contribution < 1.29 is 9.50 Å². The van der Waals surface area contributed by atoms with Crippen LogP contribution in [-0.2, 0) is 0 Å². The van der Waals surface area contributed by atoms with E-state index in [9.17, 15) is 4.39 Å². The molecule has 5 heteroatoms. The van der Waals surface area contributed by atoms with Crippen molar-refractivity contribution in [3.63, 3.8) is 0 Å². The van der Waals surface area contributed by atoms with Gasteiger partial charge < -0.3 is 10.4 Å². The summed E-state index contributed by atoms with van der Waals surface area (Å²) in [6.45, 7) is 0.645. The molecule has 2 N–H and O–H groups in total. The second-order valence-corrected chi connectivity index (χ2v) is 5.07. The van der Waals surface area contributed by atoms with E-state index in [2.05, 4.69) is 21.2 Å². The second-order valence-electron chi connectivity index (χ2n) is 4.27. The normalized spacial score (nSPS) is 22.7. The highest BCUT2D eigenvalue weighted by molar-refractivity contribution is 9.10. The number of rotatable bonds is 3. The smallest absolute Gasteiger partial charge is 0.161 e. The summed E-state index contributed by atoms with van der Waals surface area (Å²) in [6, 6.07) is 5.05. The molecule has 0 unspecified atom stereocenters. The van der Waals surface area contributed by atoms with E-state index >= 15 is 0 Å². The van der Waals surface area contributed by atoms with E-state index in [-0.39, 0.29) is 16.1 Å². The molecule has 0 spiro atoms. The Hall–Kier alpha value is -1.12. The zero-order valence-corrected chi connectivity index (χ0v) is 10.7. The number of nitriles is 1. The molecule has 90 valence electrons. The molecule has 1 fully saturated rings. The maximum absolute atomic E-state index is 13.8. The Kier molecular flexibility index (Phi) is 3.65. The van der Waals surface area contributed by atoms with Gasteiger partial charge in [0.05, 0.1) is 21.8 Å². The van der Waals surface area contributed by atoms with Gasteiger partial charge >= 0.3 is 0 Å². The summed E-state index contributed by atoms with van der Waals surface area (Å²) < 4.78 is 14.0. The number of benzene rings is 1. The molecular formula is C12H12BrFN2O. The van der Waals surface area contributed by atoms with E-state index in [4.69, 9.17) is 10.4 Å². The van der Waals surface area contributed by atoms with Crippen molar-refractivity contribution in [1.82, 2.24) is 0 Å². The monoisotopic (exact) mass is 298 g/mol. The molecule has 0 aliphatic heterocycles. The summed E-state index contributed by atoms with van der Waals surface area (Å²) in [4.78, 5) is 0. The Morgan fingerprint density at radius 2 is 2.24 bits per heavy atom. The van der Waals surface area contributed by atoms with Gasteiger partial charge in [-0.05, 0) is 46.8 Å². The second kappa shape index (κ2) is 5.03. The number of aliphatic hydroxyl groups is 1. The third-order valence-electron chi connectivity index (χ3n) is 2.99. The van der Waals surface area contributed by atoms with Crippen LogP contribution in [0.3, 0.4) is 0 Å². The van der Waals surface area contributed by atoms with Crippen LogP contribution in [0.2, 0.25) is 0 Å². The van der Waals surface area contributed by atoms with Gasteiger partial charge in [0.15, 0.2) is 5.82 Å². The fourth-order valence-corrected chi connectivity index (χ4v) is 2.33. The van der Waals surface area contributed by atoms with Gasteiger partial charge in [0.25, 0.3) is 0 Å². The molecule has 0 bridgehead atoms. The number of halogens is 2. The minimum atomic E-state index is -0.441. The van der Waals surface area contributed by atoms with Crippen molar-refractivity contribution in [2.45, 2.75) is 18.9 Å². The molecule has 2 rings (SSSR count). The Bertz CT molecular complexity index is 466. The van der Waals surface area contributed by atoms with Crippen molar-refractivity contribution in [3.05, 3.63) is 28.0 Å². The molecule has 3 nitrogen and oxygen atoms in total. The van der Waals surface area contributed by atoms with Crippen molar-refractivity contribution in [2.24, 2.45) is 5.92 Å². The topological polar surface area (TPSA) is 56.0 Å². The Labute approximate surface area is 107 Å². The van der Waals surface area contributed by atoms with E-state index in [0.717, 1.165) is 12.8 Å². The predicted molar refractivity (Wildman–Crippen MR) is 66.0 cm³/mol. The van der Waals surface area contributed by atoms with Gasteiger partial charge in [0, 0.05) is 6.54 Å². The molecule has 1 aliphatic rings. The minimum Gasteiger partial charge on any atom is -0.393 e. The number of nitrogens with one attached hydrogen (secondary N) is 1. The first-order valence-electron chi connectivity index (χ1n) is 5.42. The summed E-state index contributed by atoms with van der Waals surface area (Å²) in [6.07, 6.45) is 1.34. The summed E-state index contributed by atoms with van der Waals surface area (Å²) in [5.41, 5.74) is 0.671. The zero-order valence-electron chi connectivity index (χ0n) is 9.08. The first kappa shape index (κ1) is 12.3. The van der Waals surface area contributed by atoms with Crippen LogP contribution in [0.1, 0.15) is 18.4 Å². The van der Waals surface area contributed by atoms with Crippen LogP contribution >= 0.6 is 15.9 Å². The van der Waals surface area contributed by atoms with Crippen molar-refractivity contribution in [1.29, 1.82) is 5.26 Å². The molecule has 0 atom stereocenters. The molecule has 1 saturated carbocycles. The van der Waals surface area contributed by atoms with E-state index < -0.39 is 5.82 Å². The van der Waals surface area contributed by atoms with E-state index in [1.165, 1.54) is 0 Å². The van der Waals surface area contributed by atoms with Crippen molar-refractivity contribution in [3.8, 4) is 6.07 Å². The van der Waals surface area contributed by atoms with Crippen LogP contribution in [-0.4, -0.2) is 17.8 Å². The Morgan fingerprint density at radius 3 is 2.82 bits per heavy atom. The van der Waals surface area contributed by atoms with E-state index in [1.54, 1.807) is 12.1 Å². The fourth-order valence-electron chi connectivity index (χ4n) is 1.89. The molecule has 0 amide bonds. The van der Waals surface area contributed by atoms with Crippen LogP contribution in [0.5, 0.6) is 0 Å². The van der Waals surface area contributed by atoms with Crippen LogP contribution in [0.15, 0.2) is 16.6 Å². The van der Waals surface area contributed by atoms with Gasteiger partial charge in [-0.3, -0.25) is 0 Å². The van der Waals surface area contributed by atoms with Gasteiger partial charge in [-0.15, -0.1) is 0 Å². The van der Waals surface area contributed by atoms with Crippen LogP contribution in [0, 0.1) is 23.1 Å². The summed E-state index contributed by atoms with van der Waals surface area (Å²) in [7, 11) is 0. The number of hydrogen-bond donors (Lipinski definition) is 2. The number of aliphatic hydroxyl groups excluding tert-OH is 1. The minimum absolute atomic E-state index is 0.193. The lowest BCUT2D eigenvalue weighted by Crippen LogP contribution is -2.33. The van der Waals surface area contributed by atoms with Gasteiger partial charge in [0.1, 0.15) is 6.07 Å². The molecule has 1 aromatic rings. The standard InChI is InChI=1S/C12H12BrFN2O/c13-11-8(5-15)1-2-10(12(11)14)16-6-7-3-9(17)4-7/h1-2,7,9,16-17H,3-4,6H2. The number of hydrogen-bond acceptors (Lipinski definition) is 3. The van der Waals surface area contributed by atoms with Gasteiger partial charge in [-0.1, -0.05) is 0 Å². The third-order valence-corrected chi connectivity index (χ3v) is 3.77. The van der Waals surface area contributed by atoms with Crippen LogP contribution < -0.4 is 5.32 Å². The van der Waals surface area contributed by atoms with E-state index in [1.807, 2.05) is 6.07 Å². The predicted octanol–water partition coefficient (Wildman–Crippen LogP) is 2.64. The first-order chi connectivity index (χ1) is 8.11. The molecule has 0 radical (unpaired) electrons. The average Bonchev–Trinajstić information content (AvgIpc) is 2.28. The van der Waals surface area contributed by atoms with E-state index in [0.29, 0.717) is 18.2 Å². The SMILES string of the molecule is N#Cc1ccc(NCC2CC(O)C2)c(F)c1Br. The molecule has 1 aliphatic carbocycles. The Balaban J connectivity index is 2.02. The summed E-state index contributed by atoms with van der Waals surface area (Å²) >= 11 is 3.06. The summed E-state index contributed by atoms with van der Waals surface area (Å²) in [5, 5.41) is 20.9. The maximum Gasteiger partial charge on any atom is 0.161 e. The molecule has 0 heterocycles. The highest BCUT2D eigenvalue weighted by atomic mass is 79.9. The van der Waals surface area contributed by atoms with Gasteiger partial charge in [-0.2, -0.15) is 5.26 Å². The maximum atomic E-state index is 13.8. The third kappa shape index (κ3) is 2.59. The lowest BCUT2D eigenvalue weighted by atomic mass is 9.82. The largest absolute Gasteiger partial charge is 0.393 e. The molecular weight excluding hydrogens is 287 g/mol. The first-order valence-corrected chi connectivity index (χ1v) is 6.21.